The van der Waals surface area contributed by atoms with Crippen LogP contribution in [0.2, 0.25) is 5.02 Å². The molecule has 1 saturated carbocycles. The summed E-state index contributed by atoms with van der Waals surface area (Å²) in [7, 11) is 0. The second-order valence-corrected chi connectivity index (χ2v) is 4.27. The van der Waals surface area contributed by atoms with Gasteiger partial charge in [-0.25, -0.2) is 0 Å². The van der Waals surface area contributed by atoms with Crippen molar-refractivity contribution in [2.75, 3.05) is 0 Å². The minimum absolute atomic E-state index is 0.0681. The molecule has 0 saturated heterocycles. The van der Waals surface area contributed by atoms with E-state index in [0.717, 1.165) is 17.9 Å². The second kappa shape index (κ2) is 3.07. The average molecular weight is 221 g/mol. The Kier molecular flexibility index (Phi) is 1.83. The van der Waals surface area contributed by atoms with E-state index < -0.39 is 0 Å². The maximum absolute atomic E-state index is 5.97. The third-order valence-corrected chi connectivity index (χ3v) is 3.13. The van der Waals surface area contributed by atoms with E-state index in [0.29, 0.717) is 5.89 Å². The summed E-state index contributed by atoms with van der Waals surface area (Å²) in [6.07, 6.45) is 3.48. The summed E-state index contributed by atoms with van der Waals surface area (Å²) in [5.41, 5.74) is 1.10. The number of hydrogen-bond donors (Lipinski definition) is 0. The number of halogens is 1. The van der Waals surface area contributed by atoms with Crippen LogP contribution >= 0.6 is 11.6 Å². The normalized spacial score (nSPS) is 17.7. The minimum atomic E-state index is -0.0681. The molecule has 1 heterocycles. The van der Waals surface area contributed by atoms with Gasteiger partial charge in [-0.15, -0.1) is 10.2 Å². The van der Waals surface area contributed by atoms with E-state index in [9.17, 15) is 0 Å². The topological polar surface area (TPSA) is 38.9 Å². The summed E-state index contributed by atoms with van der Waals surface area (Å²) in [5, 5.41) is 8.47. The predicted molar refractivity (Wildman–Crippen MR) is 55.8 cm³/mol. The first-order valence-corrected chi connectivity index (χ1v) is 5.22. The Balaban J connectivity index is 2.07. The summed E-state index contributed by atoms with van der Waals surface area (Å²) >= 11 is 5.97. The lowest BCUT2D eigenvalue weighted by molar-refractivity contribution is 0.461. The molecule has 0 bridgehead atoms. The van der Waals surface area contributed by atoms with Crippen molar-refractivity contribution in [3.05, 3.63) is 47.1 Å². The zero-order valence-electron chi connectivity index (χ0n) is 7.98. The van der Waals surface area contributed by atoms with Crippen LogP contribution in [-0.2, 0) is 5.41 Å². The van der Waals surface area contributed by atoms with Crippen molar-refractivity contribution < 1.29 is 4.42 Å². The van der Waals surface area contributed by atoms with Gasteiger partial charge in [0, 0.05) is 5.02 Å². The molecule has 1 aromatic heterocycles. The largest absolute Gasteiger partial charge is 0.427 e. The van der Waals surface area contributed by atoms with Crippen molar-refractivity contribution in [3.63, 3.8) is 0 Å². The molecule has 0 amide bonds. The highest BCUT2D eigenvalue weighted by Gasteiger charge is 2.50. The van der Waals surface area contributed by atoms with Crippen LogP contribution in [0.3, 0.4) is 0 Å². The third kappa shape index (κ3) is 1.35. The number of benzene rings is 1. The second-order valence-electron chi connectivity index (χ2n) is 3.84. The number of hydrogen-bond acceptors (Lipinski definition) is 3. The quantitative estimate of drug-likeness (QED) is 0.781. The van der Waals surface area contributed by atoms with Crippen LogP contribution in [0.25, 0.3) is 0 Å². The van der Waals surface area contributed by atoms with E-state index in [1.165, 1.54) is 12.0 Å². The van der Waals surface area contributed by atoms with E-state index in [1.807, 2.05) is 18.2 Å². The van der Waals surface area contributed by atoms with Crippen molar-refractivity contribution in [2.24, 2.45) is 0 Å². The molecule has 3 rings (SSSR count). The maximum atomic E-state index is 5.97. The lowest BCUT2D eigenvalue weighted by atomic mass is 9.96. The Labute approximate surface area is 92.1 Å². The SMILES string of the molecule is Clc1cccc(C2(c3nnco3)CC2)c1. The standard InChI is InChI=1S/C11H9ClN2O/c12-9-3-1-2-8(6-9)11(4-5-11)10-14-13-7-15-10/h1-3,6-7H,4-5H2. The van der Waals surface area contributed by atoms with E-state index in [4.69, 9.17) is 16.0 Å². The van der Waals surface area contributed by atoms with Crippen LogP contribution in [0.5, 0.6) is 0 Å². The molecule has 1 fully saturated rings. The van der Waals surface area contributed by atoms with Gasteiger partial charge in [0.15, 0.2) is 0 Å². The Hall–Kier alpha value is -1.35. The van der Waals surface area contributed by atoms with Crippen molar-refractivity contribution in [1.82, 2.24) is 10.2 Å². The molecule has 15 heavy (non-hydrogen) atoms. The van der Waals surface area contributed by atoms with Crippen LogP contribution < -0.4 is 0 Å². The Morgan fingerprint density at radius 1 is 1.33 bits per heavy atom. The van der Waals surface area contributed by atoms with Crippen LogP contribution in [0.15, 0.2) is 35.1 Å². The lowest BCUT2D eigenvalue weighted by Gasteiger charge is -2.10. The highest BCUT2D eigenvalue weighted by atomic mass is 35.5. The number of rotatable bonds is 2. The predicted octanol–water partition coefficient (Wildman–Crippen LogP) is 2.80. The van der Waals surface area contributed by atoms with Gasteiger partial charge < -0.3 is 4.42 Å². The molecule has 3 nitrogen and oxygen atoms in total. The smallest absolute Gasteiger partial charge is 0.226 e. The van der Waals surface area contributed by atoms with Crippen LogP contribution in [0.1, 0.15) is 24.3 Å². The summed E-state index contributed by atoms with van der Waals surface area (Å²) in [6.45, 7) is 0. The summed E-state index contributed by atoms with van der Waals surface area (Å²) in [6, 6.07) is 7.85. The van der Waals surface area contributed by atoms with Crippen molar-refractivity contribution >= 4 is 11.6 Å². The van der Waals surface area contributed by atoms with Gasteiger partial charge in [0.1, 0.15) is 0 Å². The van der Waals surface area contributed by atoms with Crippen molar-refractivity contribution in [2.45, 2.75) is 18.3 Å². The fraction of sp³-hybridized carbons (Fsp3) is 0.273. The maximum Gasteiger partial charge on any atom is 0.226 e. The molecule has 1 aromatic carbocycles. The molecule has 0 radical (unpaired) electrons. The molecule has 76 valence electrons. The molecule has 0 spiro atoms. The molecule has 1 aliphatic carbocycles. The van der Waals surface area contributed by atoms with Gasteiger partial charge in [-0.1, -0.05) is 23.7 Å². The summed E-state index contributed by atoms with van der Waals surface area (Å²) < 4.78 is 5.29. The summed E-state index contributed by atoms with van der Waals surface area (Å²) in [4.78, 5) is 0. The average Bonchev–Trinajstić information content (AvgIpc) is 2.87. The van der Waals surface area contributed by atoms with Crippen molar-refractivity contribution in [1.29, 1.82) is 0 Å². The van der Waals surface area contributed by atoms with Gasteiger partial charge in [0.25, 0.3) is 0 Å². The van der Waals surface area contributed by atoms with E-state index >= 15 is 0 Å². The van der Waals surface area contributed by atoms with Crippen LogP contribution in [0, 0.1) is 0 Å². The number of nitrogens with zero attached hydrogens (tertiary/aromatic N) is 2. The monoisotopic (exact) mass is 220 g/mol. The van der Waals surface area contributed by atoms with Crippen molar-refractivity contribution in [3.8, 4) is 0 Å². The van der Waals surface area contributed by atoms with Gasteiger partial charge in [-0.05, 0) is 30.5 Å². The van der Waals surface area contributed by atoms with Gasteiger partial charge in [-0.2, -0.15) is 0 Å². The molecule has 0 aliphatic heterocycles. The van der Waals surface area contributed by atoms with E-state index in [-0.39, 0.29) is 5.41 Å². The van der Waals surface area contributed by atoms with E-state index in [2.05, 4.69) is 16.3 Å². The first-order valence-electron chi connectivity index (χ1n) is 4.84. The summed E-state index contributed by atoms with van der Waals surface area (Å²) in [5.74, 6) is 0.699. The fourth-order valence-electron chi connectivity index (χ4n) is 1.92. The zero-order valence-corrected chi connectivity index (χ0v) is 8.74. The zero-order chi connectivity index (χ0) is 10.3. The van der Waals surface area contributed by atoms with Gasteiger partial charge in [0.2, 0.25) is 12.3 Å². The molecule has 0 N–H and O–H groups in total. The van der Waals surface area contributed by atoms with Gasteiger partial charge in [0.05, 0.1) is 5.41 Å². The fourth-order valence-corrected chi connectivity index (χ4v) is 2.11. The molecule has 2 aromatic rings. The molecule has 4 heteroatoms. The third-order valence-electron chi connectivity index (χ3n) is 2.90. The number of aromatic nitrogens is 2. The molecule has 1 aliphatic rings. The Bertz CT molecular complexity index is 477. The first-order chi connectivity index (χ1) is 7.31. The van der Waals surface area contributed by atoms with Gasteiger partial charge in [-0.3, -0.25) is 0 Å². The molecular formula is C11H9ClN2O. The Morgan fingerprint density at radius 2 is 2.20 bits per heavy atom. The highest BCUT2D eigenvalue weighted by molar-refractivity contribution is 6.30. The lowest BCUT2D eigenvalue weighted by Crippen LogP contribution is -2.08. The van der Waals surface area contributed by atoms with Gasteiger partial charge >= 0.3 is 0 Å². The Morgan fingerprint density at radius 3 is 2.80 bits per heavy atom. The molecular weight excluding hydrogens is 212 g/mol. The highest BCUT2D eigenvalue weighted by Crippen LogP contribution is 2.52. The molecule has 0 atom stereocenters. The first kappa shape index (κ1) is 8.92. The van der Waals surface area contributed by atoms with E-state index in [1.54, 1.807) is 0 Å². The van der Waals surface area contributed by atoms with Crippen LogP contribution in [-0.4, -0.2) is 10.2 Å². The minimum Gasteiger partial charge on any atom is -0.427 e. The molecule has 0 unspecified atom stereocenters. The van der Waals surface area contributed by atoms with Crippen LogP contribution in [0.4, 0.5) is 0 Å².